The number of aliphatic hydroxyl groups excluding tert-OH is 1. The van der Waals surface area contributed by atoms with Gasteiger partial charge in [-0.1, -0.05) is 0 Å². The number of aromatic nitrogens is 3. The standard InChI is InChI=1S/C13H17N5O2.2ClH/c14-10-3-8(4-11(10)19)13(20)17-6-9-5-16-12-7-15-1-2-18(9)12;;/h1-2,5,7-8,10-11,19H,3-4,6,14H2,(H,17,20);2*1H/t8-,10+,11+;;/m0../s1. The van der Waals surface area contributed by atoms with Crippen LogP contribution in [-0.4, -0.2) is 37.5 Å². The number of imidazole rings is 1. The van der Waals surface area contributed by atoms with E-state index in [2.05, 4.69) is 15.3 Å². The quantitative estimate of drug-likeness (QED) is 0.739. The van der Waals surface area contributed by atoms with Crippen LogP contribution in [0.4, 0.5) is 0 Å². The average Bonchev–Trinajstić information content (AvgIpc) is 3.01. The van der Waals surface area contributed by atoms with Crippen molar-refractivity contribution in [1.29, 1.82) is 0 Å². The molecular weight excluding hydrogens is 329 g/mol. The molecular formula is C13H19Cl2N5O2. The van der Waals surface area contributed by atoms with Crippen molar-refractivity contribution in [3.63, 3.8) is 0 Å². The molecule has 2 aromatic rings. The summed E-state index contributed by atoms with van der Waals surface area (Å²) >= 11 is 0. The minimum absolute atomic E-state index is 0. The predicted molar refractivity (Wildman–Crippen MR) is 86.0 cm³/mol. The second-order valence-corrected chi connectivity index (χ2v) is 5.17. The van der Waals surface area contributed by atoms with E-state index in [0.29, 0.717) is 19.4 Å². The summed E-state index contributed by atoms with van der Waals surface area (Å²) in [5.74, 6) is -0.276. The number of carbonyl (C=O) groups excluding carboxylic acids is 1. The van der Waals surface area contributed by atoms with E-state index in [1.807, 2.05) is 4.40 Å². The maximum Gasteiger partial charge on any atom is 0.223 e. The third-order valence-electron chi connectivity index (χ3n) is 3.79. The van der Waals surface area contributed by atoms with Crippen LogP contribution in [0, 0.1) is 5.92 Å². The molecule has 3 atom stereocenters. The van der Waals surface area contributed by atoms with Gasteiger partial charge in [0.05, 0.1) is 30.7 Å². The topological polar surface area (TPSA) is 106 Å². The molecule has 0 radical (unpaired) electrons. The zero-order valence-corrected chi connectivity index (χ0v) is 13.4. The van der Waals surface area contributed by atoms with E-state index in [1.54, 1.807) is 24.8 Å². The highest BCUT2D eigenvalue weighted by molar-refractivity contribution is 5.85. The van der Waals surface area contributed by atoms with Crippen molar-refractivity contribution < 1.29 is 9.90 Å². The number of aliphatic hydroxyl groups is 1. The number of carbonyl (C=O) groups is 1. The first-order valence-corrected chi connectivity index (χ1v) is 6.62. The number of halogens is 2. The van der Waals surface area contributed by atoms with Crippen molar-refractivity contribution in [2.75, 3.05) is 0 Å². The van der Waals surface area contributed by atoms with Crippen molar-refractivity contribution in [3.05, 3.63) is 30.5 Å². The van der Waals surface area contributed by atoms with Gasteiger partial charge in [0.1, 0.15) is 0 Å². The van der Waals surface area contributed by atoms with Gasteiger partial charge < -0.3 is 16.2 Å². The number of rotatable bonds is 3. The molecule has 1 fully saturated rings. The molecule has 4 N–H and O–H groups in total. The highest BCUT2D eigenvalue weighted by atomic mass is 35.5. The van der Waals surface area contributed by atoms with Crippen LogP contribution in [0.3, 0.4) is 0 Å². The number of amides is 1. The lowest BCUT2D eigenvalue weighted by Crippen LogP contribution is -2.30. The monoisotopic (exact) mass is 347 g/mol. The Hall–Kier alpha value is -1.41. The van der Waals surface area contributed by atoms with Gasteiger partial charge in [-0.2, -0.15) is 0 Å². The van der Waals surface area contributed by atoms with E-state index in [0.717, 1.165) is 11.3 Å². The van der Waals surface area contributed by atoms with E-state index < -0.39 is 6.10 Å². The molecule has 1 saturated carbocycles. The molecule has 0 aliphatic heterocycles. The SMILES string of the molecule is Cl.Cl.N[C@@H]1C[C@H](C(=O)NCc2cnc3cnccn23)C[C@H]1O. The average molecular weight is 348 g/mol. The maximum atomic E-state index is 12.0. The normalized spacial score (nSPS) is 23.6. The van der Waals surface area contributed by atoms with Crippen LogP contribution in [0.25, 0.3) is 5.65 Å². The van der Waals surface area contributed by atoms with Crippen LogP contribution in [0.5, 0.6) is 0 Å². The van der Waals surface area contributed by atoms with Gasteiger partial charge in [-0.25, -0.2) is 4.98 Å². The largest absolute Gasteiger partial charge is 0.391 e. The Kier molecular flexibility index (Phi) is 6.55. The van der Waals surface area contributed by atoms with Crippen LogP contribution in [0.2, 0.25) is 0 Å². The van der Waals surface area contributed by atoms with Gasteiger partial charge in [-0.15, -0.1) is 24.8 Å². The molecule has 2 aromatic heterocycles. The number of fused-ring (bicyclic) bond motifs is 1. The Labute approximate surface area is 140 Å². The molecule has 1 aliphatic rings. The first kappa shape index (κ1) is 18.6. The molecule has 0 spiro atoms. The zero-order valence-electron chi connectivity index (χ0n) is 11.8. The van der Waals surface area contributed by atoms with E-state index >= 15 is 0 Å². The molecule has 0 aromatic carbocycles. The Morgan fingerprint density at radius 1 is 1.41 bits per heavy atom. The lowest BCUT2D eigenvalue weighted by molar-refractivity contribution is -0.125. The van der Waals surface area contributed by atoms with Crippen molar-refractivity contribution >= 4 is 36.4 Å². The Bertz CT molecular complexity index is 626. The van der Waals surface area contributed by atoms with Gasteiger partial charge in [0, 0.05) is 24.4 Å². The summed E-state index contributed by atoms with van der Waals surface area (Å²) in [6.07, 6.45) is 7.25. The molecule has 22 heavy (non-hydrogen) atoms. The third kappa shape index (κ3) is 3.67. The smallest absolute Gasteiger partial charge is 0.223 e. The number of nitrogens with one attached hydrogen (secondary N) is 1. The van der Waals surface area contributed by atoms with Crippen LogP contribution in [-0.2, 0) is 11.3 Å². The molecule has 0 saturated heterocycles. The minimum atomic E-state index is -0.576. The lowest BCUT2D eigenvalue weighted by atomic mass is 10.1. The van der Waals surface area contributed by atoms with Gasteiger partial charge in [0.2, 0.25) is 5.91 Å². The second-order valence-electron chi connectivity index (χ2n) is 5.17. The molecule has 1 amide bonds. The highest BCUT2D eigenvalue weighted by Gasteiger charge is 2.34. The number of nitrogens with two attached hydrogens (primary N) is 1. The second kappa shape index (κ2) is 7.73. The maximum absolute atomic E-state index is 12.0. The summed E-state index contributed by atoms with van der Waals surface area (Å²) < 4.78 is 1.88. The highest BCUT2D eigenvalue weighted by Crippen LogP contribution is 2.24. The Balaban J connectivity index is 0.00000121. The predicted octanol–water partition coefficient (Wildman–Crippen LogP) is 0.287. The van der Waals surface area contributed by atoms with Crippen LogP contribution in [0.1, 0.15) is 18.5 Å². The fourth-order valence-corrected chi connectivity index (χ4v) is 2.61. The molecule has 0 bridgehead atoms. The van der Waals surface area contributed by atoms with Gasteiger partial charge in [0.25, 0.3) is 0 Å². The fourth-order valence-electron chi connectivity index (χ4n) is 2.61. The molecule has 7 nitrogen and oxygen atoms in total. The third-order valence-corrected chi connectivity index (χ3v) is 3.79. The summed E-state index contributed by atoms with van der Waals surface area (Å²) in [7, 11) is 0. The lowest BCUT2D eigenvalue weighted by Gasteiger charge is -2.10. The summed E-state index contributed by atoms with van der Waals surface area (Å²) in [6.45, 7) is 0.395. The van der Waals surface area contributed by atoms with E-state index in [1.165, 1.54) is 0 Å². The molecule has 122 valence electrons. The van der Waals surface area contributed by atoms with E-state index in [9.17, 15) is 9.90 Å². The number of hydrogen-bond acceptors (Lipinski definition) is 5. The fraction of sp³-hybridized carbons (Fsp3) is 0.462. The van der Waals surface area contributed by atoms with Gasteiger partial charge in [-0.3, -0.25) is 14.2 Å². The molecule has 9 heteroatoms. The van der Waals surface area contributed by atoms with Crippen LogP contribution >= 0.6 is 24.8 Å². The summed E-state index contributed by atoms with van der Waals surface area (Å²) in [5, 5.41) is 12.5. The Morgan fingerprint density at radius 2 is 2.18 bits per heavy atom. The van der Waals surface area contributed by atoms with E-state index in [-0.39, 0.29) is 42.7 Å². The Morgan fingerprint density at radius 3 is 2.86 bits per heavy atom. The van der Waals surface area contributed by atoms with E-state index in [4.69, 9.17) is 5.73 Å². The summed E-state index contributed by atoms with van der Waals surface area (Å²) in [5.41, 5.74) is 7.35. The molecule has 1 aliphatic carbocycles. The van der Waals surface area contributed by atoms with Crippen molar-refractivity contribution in [2.45, 2.75) is 31.5 Å². The van der Waals surface area contributed by atoms with Crippen molar-refractivity contribution in [2.24, 2.45) is 11.7 Å². The first-order chi connectivity index (χ1) is 9.65. The number of hydrogen-bond donors (Lipinski definition) is 3. The van der Waals surface area contributed by atoms with Crippen molar-refractivity contribution in [3.8, 4) is 0 Å². The number of nitrogens with zero attached hydrogens (tertiary/aromatic N) is 3. The van der Waals surface area contributed by atoms with Gasteiger partial charge in [-0.05, 0) is 12.8 Å². The zero-order chi connectivity index (χ0) is 14.1. The molecule has 0 unspecified atom stereocenters. The summed E-state index contributed by atoms with van der Waals surface area (Å²) in [6, 6.07) is -0.298. The molecule has 3 rings (SSSR count). The molecule has 2 heterocycles. The van der Waals surface area contributed by atoms with Crippen LogP contribution < -0.4 is 11.1 Å². The summed E-state index contributed by atoms with van der Waals surface area (Å²) in [4.78, 5) is 20.2. The first-order valence-electron chi connectivity index (χ1n) is 6.62. The minimum Gasteiger partial charge on any atom is -0.391 e. The van der Waals surface area contributed by atoms with Gasteiger partial charge >= 0.3 is 0 Å². The van der Waals surface area contributed by atoms with Crippen LogP contribution in [0.15, 0.2) is 24.8 Å². The van der Waals surface area contributed by atoms with Gasteiger partial charge in [0.15, 0.2) is 5.65 Å². The van der Waals surface area contributed by atoms with Crippen molar-refractivity contribution in [1.82, 2.24) is 19.7 Å².